The number of thioether (sulfide) groups is 1. The molecule has 0 radical (unpaired) electrons. The van der Waals surface area contributed by atoms with Crippen LogP contribution in [0.15, 0.2) is 59.1 Å². The van der Waals surface area contributed by atoms with Crippen molar-refractivity contribution in [2.45, 2.75) is 56.6 Å². The predicted molar refractivity (Wildman–Crippen MR) is 146 cm³/mol. The van der Waals surface area contributed by atoms with Gasteiger partial charge in [-0.1, -0.05) is 42.6 Å². The minimum Gasteiger partial charge on any atom is -0.347 e. The van der Waals surface area contributed by atoms with Gasteiger partial charge in [0, 0.05) is 67.4 Å². The Hall–Kier alpha value is -3.04. The van der Waals surface area contributed by atoms with Gasteiger partial charge in [0.05, 0.1) is 0 Å². The number of unbranched alkanes of at least 4 members (excludes halogenated alkanes) is 4. The van der Waals surface area contributed by atoms with Crippen LogP contribution in [0.3, 0.4) is 0 Å². The molecule has 0 aliphatic rings. The monoisotopic (exact) mass is 541 g/mol. The van der Waals surface area contributed by atoms with E-state index in [0.29, 0.717) is 34.1 Å². The number of carbonyl (C=O) groups is 2. The normalized spacial score (nSPS) is 10.9. The van der Waals surface area contributed by atoms with Crippen molar-refractivity contribution in [1.82, 2.24) is 24.4 Å². The molecule has 0 aliphatic carbocycles. The van der Waals surface area contributed by atoms with Crippen molar-refractivity contribution in [3.05, 3.63) is 81.3 Å². The van der Waals surface area contributed by atoms with Gasteiger partial charge in [-0.05, 0) is 42.7 Å². The molecule has 0 saturated carbocycles. The third-order valence-electron chi connectivity index (χ3n) is 5.79. The molecule has 1 aromatic carbocycles. The lowest BCUT2D eigenvalue weighted by atomic mass is 10.0. The molecule has 37 heavy (non-hydrogen) atoms. The maximum absolute atomic E-state index is 12.7. The van der Waals surface area contributed by atoms with Crippen molar-refractivity contribution in [2.24, 2.45) is 0 Å². The molecule has 0 N–H and O–H groups in total. The van der Waals surface area contributed by atoms with Gasteiger partial charge in [0.2, 0.25) is 5.91 Å². The summed E-state index contributed by atoms with van der Waals surface area (Å²) in [5, 5.41) is 1.17. The van der Waals surface area contributed by atoms with Crippen LogP contribution < -0.4 is 5.56 Å². The Bertz CT molecular complexity index is 1230. The summed E-state index contributed by atoms with van der Waals surface area (Å²) in [6.45, 7) is 0.114. The maximum atomic E-state index is 12.7. The van der Waals surface area contributed by atoms with E-state index >= 15 is 0 Å². The lowest BCUT2D eigenvalue weighted by Gasteiger charge is -2.16. The number of hydrogen-bond donors (Lipinski definition) is 0. The average Bonchev–Trinajstić information content (AvgIpc) is 2.88. The van der Waals surface area contributed by atoms with Gasteiger partial charge in [-0.15, -0.1) is 0 Å². The number of benzene rings is 1. The Morgan fingerprint density at radius 2 is 1.68 bits per heavy atom. The molecule has 0 saturated heterocycles. The summed E-state index contributed by atoms with van der Waals surface area (Å²) in [4.78, 5) is 51.1. The quantitative estimate of drug-likeness (QED) is 0.126. The van der Waals surface area contributed by atoms with Gasteiger partial charge in [0.25, 0.3) is 5.56 Å². The minimum atomic E-state index is -0.301. The highest BCUT2D eigenvalue weighted by Gasteiger charge is 2.14. The van der Waals surface area contributed by atoms with Gasteiger partial charge in [-0.2, -0.15) is 4.98 Å². The number of aromatic nitrogens is 4. The highest BCUT2D eigenvalue weighted by molar-refractivity contribution is 7.99. The first-order valence-corrected chi connectivity index (χ1v) is 13.7. The zero-order valence-electron chi connectivity index (χ0n) is 21.2. The number of Topliss-reactive ketones (excluding diaryl/α,β-unsaturated/α-hetero) is 1. The topological polar surface area (TPSA) is 98.1 Å². The molecule has 0 bridgehead atoms. The van der Waals surface area contributed by atoms with Crippen LogP contribution in [-0.2, 0) is 17.8 Å². The van der Waals surface area contributed by atoms with Gasteiger partial charge >= 0.3 is 0 Å². The van der Waals surface area contributed by atoms with E-state index in [2.05, 4.69) is 15.0 Å². The summed E-state index contributed by atoms with van der Waals surface area (Å²) in [5.74, 6) is 0.860. The number of carbonyl (C=O) groups excluding carboxylic acids is 2. The molecule has 10 heteroatoms. The molecule has 3 aromatic rings. The Balaban J connectivity index is 1.48. The Morgan fingerprint density at radius 1 is 1.00 bits per heavy atom. The second kappa shape index (κ2) is 14.6. The molecular formula is C27H32ClN5O3S. The summed E-state index contributed by atoms with van der Waals surface area (Å²) in [7, 11) is 3.41. The minimum absolute atomic E-state index is 0.0746. The number of halogens is 1. The highest BCUT2D eigenvalue weighted by atomic mass is 35.5. The van der Waals surface area contributed by atoms with E-state index in [1.54, 1.807) is 61.5 Å². The van der Waals surface area contributed by atoms with Crippen LogP contribution in [0.5, 0.6) is 0 Å². The summed E-state index contributed by atoms with van der Waals surface area (Å²) < 4.78 is 1.76. The molecular weight excluding hydrogens is 510 g/mol. The number of likely N-dealkylation sites (N-methyl/N-ethyl adjacent to an activating group) is 1. The first-order chi connectivity index (χ1) is 17.8. The van der Waals surface area contributed by atoms with Crippen LogP contribution in [0, 0.1) is 0 Å². The van der Waals surface area contributed by atoms with Gasteiger partial charge in [0.1, 0.15) is 12.9 Å². The number of nitrogens with zero attached hydrogens (tertiary/aromatic N) is 5. The van der Waals surface area contributed by atoms with Crippen LogP contribution >= 0.6 is 23.4 Å². The molecule has 0 spiro atoms. The molecule has 8 nitrogen and oxygen atoms in total. The van der Waals surface area contributed by atoms with E-state index in [1.165, 1.54) is 23.0 Å². The van der Waals surface area contributed by atoms with Crippen molar-refractivity contribution in [3.63, 3.8) is 0 Å². The standard InChI is InChI=1S/C27H32ClN5O3S/c1-32(2)25(35)18-33-17-22(14-20-15-29-19-30-16-20)26(36)31-27(33)37-13-7-5-3-4-6-8-24(34)21-9-11-23(28)12-10-21/h9-12,15-17,19H,3-8,13-14,18H2,1-2H3. The average molecular weight is 542 g/mol. The smallest absolute Gasteiger partial charge is 0.277 e. The summed E-state index contributed by atoms with van der Waals surface area (Å²) in [5.41, 5.74) is 1.71. The largest absolute Gasteiger partial charge is 0.347 e. The molecule has 1 amide bonds. The molecule has 2 heterocycles. The van der Waals surface area contributed by atoms with Crippen molar-refractivity contribution in [2.75, 3.05) is 19.8 Å². The molecule has 0 fully saturated rings. The fourth-order valence-electron chi connectivity index (χ4n) is 3.66. The number of hydrogen-bond acceptors (Lipinski definition) is 7. The lowest BCUT2D eigenvalue weighted by molar-refractivity contribution is -0.129. The SMILES string of the molecule is CN(C)C(=O)Cn1cc(Cc2cncnc2)c(=O)nc1SCCCCCCCC(=O)c1ccc(Cl)cc1. The number of amides is 1. The Labute approximate surface area is 226 Å². The van der Waals surface area contributed by atoms with E-state index in [9.17, 15) is 14.4 Å². The van der Waals surface area contributed by atoms with Crippen molar-refractivity contribution >= 4 is 35.1 Å². The van der Waals surface area contributed by atoms with E-state index < -0.39 is 0 Å². The molecule has 0 aliphatic heterocycles. The van der Waals surface area contributed by atoms with Gasteiger partial charge in [-0.3, -0.25) is 14.4 Å². The van der Waals surface area contributed by atoms with Crippen molar-refractivity contribution < 1.29 is 9.59 Å². The second-order valence-corrected chi connectivity index (χ2v) is 10.5. The molecule has 2 aromatic heterocycles. The highest BCUT2D eigenvalue weighted by Crippen LogP contribution is 2.19. The van der Waals surface area contributed by atoms with Gasteiger partial charge < -0.3 is 9.47 Å². The summed E-state index contributed by atoms with van der Waals surface area (Å²) in [6, 6.07) is 7.01. The third-order valence-corrected chi connectivity index (χ3v) is 7.12. The first kappa shape index (κ1) is 28.5. The van der Waals surface area contributed by atoms with E-state index in [1.807, 2.05) is 0 Å². The fourth-order valence-corrected chi connectivity index (χ4v) is 4.75. The van der Waals surface area contributed by atoms with Crippen molar-refractivity contribution in [1.29, 1.82) is 0 Å². The maximum Gasteiger partial charge on any atom is 0.277 e. The van der Waals surface area contributed by atoms with Crippen LogP contribution in [0.4, 0.5) is 0 Å². The van der Waals surface area contributed by atoms with Gasteiger partial charge in [-0.25, -0.2) is 9.97 Å². The molecule has 0 unspecified atom stereocenters. The van der Waals surface area contributed by atoms with Crippen LogP contribution in [0.25, 0.3) is 0 Å². The van der Waals surface area contributed by atoms with Crippen molar-refractivity contribution in [3.8, 4) is 0 Å². The molecule has 196 valence electrons. The molecule has 3 rings (SSSR count). The number of ketones is 1. The van der Waals surface area contributed by atoms with Gasteiger partial charge in [0.15, 0.2) is 10.9 Å². The zero-order valence-corrected chi connectivity index (χ0v) is 22.8. The fraction of sp³-hybridized carbons (Fsp3) is 0.407. The Kier molecular flexibility index (Phi) is 11.3. The van der Waals surface area contributed by atoms with E-state index in [-0.39, 0.29) is 23.8 Å². The second-order valence-electron chi connectivity index (χ2n) is 8.99. The lowest BCUT2D eigenvalue weighted by Crippen LogP contribution is -2.29. The van der Waals surface area contributed by atoms with E-state index in [0.717, 1.165) is 43.4 Å². The predicted octanol–water partition coefficient (Wildman–Crippen LogP) is 4.68. The number of rotatable bonds is 14. The van der Waals surface area contributed by atoms with Crippen LogP contribution in [0.2, 0.25) is 5.02 Å². The third kappa shape index (κ3) is 9.40. The zero-order chi connectivity index (χ0) is 26.6. The van der Waals surface area contributed by atoms with Crippen LogP contribution in [0.1, 0.15) is 60.0 Å². The summed E-state index contributed by atoms with van der Waals surface area (Å²) in [6.07, 6.45) is 12.2. The van der Waals surface area contributed by atoms with Crippen LogP contribution in [-0.4, -0.2) is 56.0 Å². The first-order valence-electron chi connectivity index (χ1n) is 12.3. The summed E-state index contributed by atoms with van der Waals surface area (Å²) >= 11 is 7.36. The Morgan fingerprint density at radius 3 is 2.38 bits per heavy atom. The molecule has 0 atom stereocenters. The van der Waals surface area contributed by atoms with E-state index in [4.69, 9.17) is 11.6 Å².